The molecular weight excluding hydrogens is 244 g/mol. The van der Waals surface area contributed by atoms with E-state index in [2.05, 4.69) is 10.1 Å². The molecule has 1 aromatic carbocycles. The second kappa shape index (κ2) is 6.90. The van der Waals surface area contributed by atoms with Crippen molar-refractivity contribution in [3.8, 4) is 5.75 Å². The van der Waals surface area contributed by atoms with Crippen LogP contribution in [-0.4, -0.2) is 24.2 Å². The van der Waals surface area contributed by atoms with Crippen molar-refractivity contribution in [3.05, 3.63) is 29.8 Å². The first-order chi connectivity index (χ1) is 8.54. The smallest absolute Gasteiger partial charge is 0.387 e. The summed E-state index contributed by atoms with van der Waals surface area (Å²) in [6, 6.07) is 5.63. The number of alkyl halides is 2. The molecular formula is C12H15F2NO3. The Kier molecular flexibility index (Phi) is 5.51. The maximum atomic E-state index is 12.3. The third kappa shape index (κ3) is 4.29. The van der Waals surface area contributed by atoms with Crippen molar-refractivity contribution in [2.24, 2.45) is 0 Å². The number of ether oxygens (including phenoxy) is 1. The second-order valence-corrected chi connectivity index (χ2v) is 3.62. The largest absolute Gasteiger partial charge is 0.481 e. The lowest BCUT2D eigenvalue weighted by Gasteiger charge is -2.19. The van der Waals surface area contributed by atoms with Gasteiger partial charge in [-0.3, -0.25) is 4.79 Å². The van der Waals surface area contributed by atoms with Gasteiger partial charge in [0, 0.05) is 11.6 Å². The summed E-state index contributed by atoms with van der Waals surface area (Å²) in [5, 5.41) is 11.8. The Bertz CT molecular complexity index is 399. The fourth-order valence-electron chi connectivity index (χ4n) is 1.68. The highest BCUT2D eigenvalue weighted by Crippen LogP contribution is 2.28. The number of halogens is 2. The van der Waals surface area contributed by atoms with Gasteiger partial charge >= 0.3 is 12.6 Å². The molecule has 0 aliphatic heterocycles. The molecule has 1 unspecified atom stereocenters. The molecule has 0 saturated carbocycles. The molecule has 0 spiro atoms. The minimum Gasteiger partial charge on any atom is -0.481 e. The van der Waals surface area contributed by atoms with Gasteiger partial charge in [-0.05, 0) is 12.6 Å². The Labute approximate surface area is 104 Å². The summed E-state index contributed by atoms with van der Waals surface area (Å²) in [5.74, 6) is -1.01. The van der Waals surface area contributed by atoms with E-state index < -0.39 is 18.6 Å². The van der Waals surface area contributed by atoms with Gasteiger partial charge in [-0.2, -0.15) is 8.78 Å². The lowest BCUT2D eigenvalue weighted by Crippen LogP contribution is -2.24. The first-order valence-electron chi connectivity index (χ1n) is 5.53. The topological polar surface area (TPSA) is 58.6 Å². The van der Waals surface area contributed by atoms with Gasteiger partial charge in [0.15, 0.2) is 0 Å². The van der Waals surface area contributed by atoms with Crippen LogP contribution < -0.4 is 10.1 Å². The van der Waals surface area contributed by atoms with Crippen molar-refractivity contribution in [2.45, 2.75) is 26.0 Å². The van der Waals surface area contributed by atoms with Gasteiger partial charge < -0.3 is 15.2 Å². The van der Waals surface area contributed by atoms with Crippen LogP contribution in [-0.2, 0) is 4.79 Å². The van der Waals surface area contributed by atoms with Gasteiger partial charge in [0.2, 0.25) is 0 Å². The van der Waals surface area contributed by atoms with Crippen LogP contribution in [0.3, 0.4) is 0 Å². The highest BCUT2D eigenvalue weighted by molar-refractivity contribution is 5.68. The van der Waals surface area contributed by atoms with E-state index in [1.165, 1.54) is 6.07 Å². The molecule has 0 amide bonds. The van der Waals surface area contributed by atoms with Crippen LogP contribution in [0.4, 0.5) is 8.78 Å². The van der Waals surface area contributed by atoms with Crippen LogP contribution >= 0.6 is 0 Å². The van der Waals surface area contributed by atoms with Crippen LogP contribution in [0.5, 0.6) is 5.75 Å². The normalized spacial score (nSPS) is 12.4. The molecule has 1 aromatic rings. The van der Waals surface area contributed by atoms with E-state index in [0.29, 0.717) is 12.1 Å². The predicted octanol–water partition coefficient (Wildman–Crippen LogP) is 2.41. The monoisotopic (exact) mass is 259 g/mol. The Morgan fingerprint density at radius 2 is 2.11 bits per heavy atom. The molecule has 4 nitrogen and oxygen atoms in total. The van der Waals surface area contributed by atoms with Gasteiger partial charge in [-0.25, -0.2) is 0 Å². The lowest BCUT2D eigenvalue weighted by molar-refractivity contribution is -0.137. The molecule has 0 fully saturated rings. The molecule has 0 radical (unpaired) electrons. The zero-order chi connectivity index (χ0) is 13.5. The number of para-hydroxylation sites is 1. The SMILES string of the molecule is CCNC(CC(=O)O)c1ccccc1OC(F)F. The first-order valence-corrected chi connectivity index (χ1v) is 5.53. The summed E-state index contributed by atoms with van der Waals surface area (Å²) >= 11 is 0. The molecule has 2 N–H and O–H groups in total. The molecule has 100 valence electrons. The van der Waals surface area contributed by atoms with Crippen molar-refractivity contribution in [2.75, 3.05) is 6.54 Å². The molecule has 0 aromatic heterocycles. The van der Waals surface area contributed by atoms with Crippen molar-refractivity contribution >= 4 is 5.97 Å². The summed E-state index contributed by atoms with van der Waals surface area (Å²) in [5.41, 5.74) is 0.419. The Morgan fingerprint density at radius 3 is 2.67 bits per heavy atom. The van der Waals surface area contributed by atoms with Crippen LogP contribution in [0.2, 0.25) is 0 Å². The van der Waals surface area contributed by atoms with E-state index in [1.807, 2.05) is 6.92 Å². The van der Waals surface area contributed by atoms with Crippen LogP contribution in [0.25, 0.3) is 0 Å². The van der Waals surface area contributed by atoms with E-state index in [1.54, 1.807) is 18.2 Å². The van der Waals surface area contributed by atoms with E-state index in [-0.39, 0.29) is 12.2 Å². The zero-order valence-corrected chi connectivity index (χ0v) is 9.90. The van der Waals surface area contributed by atoms with Gasteiger partial charge in [-0.1, -0.05) is 25.1 Å². The maximum absolute atomic E-state index is 12.3. The van der Waals surface area contributed by atoms with E-state index >= 15 is 0 Å². The Morgan fingerprint density at radius 1 is 1.44 bits per heavy atom. The molecule has 0 aliphatic carbocycles. The van der Waals surface area contributed by atoms with Crippen molar-refractivity contribution < 1.29 is 23.4 Å². The number of aliphatic carboxylic acids is 1. The third-order valence-electron chi connectivity index (χ3n) is 2.34. The Hall–Kier alpha value is -1.69. The van der Waals surface area contributed by atoms with Gasteiger partial charge in [0.1, 0.15) is 5.75 Å². The van der Waals surface area contributed by atoms with Crippen molar-refractivity contribution in [1.29, 1.82) is 0 Å². The van der Waals surface area contributed by atoms with Crippen molar-refractivity contribution in [1.82, 2.24) is 5.32 Å². The molecule has 6 heteroatoms. The van der Waals surface area contributed by atoms with Gasteiger partial charge in [0.05, 0.1) is 6.42 Å². The molecule has 18 heavy (non-hydrogen) atoms. The molecule has 1 rings (SSSR count). The van der Waals surface area contributed by atoms with Gasteiger partial charge in [0.25, 0.3) is 0 Å². The second-order valence-electron chi connectivity index (χ2n) is 3.62. The minimum atomic E-state index is -2.93. The number of hydrogen-bond acceptors (Lipinski definition) is 3. The number of hydrogen-bond donors (Lipinski definition) is 2. The molecule has 0 heterocycles. The van der Waals surface area contributed by atoms with Crippen LogP contribution in [0.15, 0.2) is 24.3 Å². The van der Waals surface area contributed by atoms with Crippen LogP contribution in [0.1, 0.15) is 24.9 Å². The number of benzene rings is 1. The summed E-state index contributed by atoms with van der Waals surface area (Å²) < 4.78 is 28.9. The summed E-state index contributed by atoms with van der Waals surface area (Å²) in [6.07, 6.45) is -0.197. The molecule has 0 aliphatic rings. The average Bonchev–Trinajstić information content (AvgIpc) is 2.28. The summed E-state index contributed by atoms with van der Waals surface area (Å²) in [4.78, 5) is 10.8. The minimum absolute atomic E-state index is 0.000278. The zero-order valence-electron chi connectivity index (χ0n) is 9.90. The lowest BCUT2D eigenvalue weighted by atomic mass is 10.0. The first kappa shape index (κ1) is 14.4. The molecule has 0 bridgehead atoms. The fraction of sp³-hybridized carbons (Fsp3) is 0.417. The van der Waals surface area contributed by atoms with Crippen molar-refractivity contribution in [3.63, 3.8) is 0 Å². The summed E-state index contributed by atoms with van der Waals surface area (Å²) in [7, 11) is 0. The highest BCUT2D eigenvalue weighted by Gasteiger charge is 2.19. The standard InChI is InChI=1S/C12H15F2NO3/c1-2-15-9(7-11(16)17)8-5-3-4-6-10(8)18-12(13)14/h3-6,9,12,15H,2,7H2,1H3,(H,16,17). The predicted molar refractivity (Wildman–Crippen MR) is 61.7 cm³/mol. The number of rotatable bonds is 7. The number of carboxylic acid groups (broad SMARTS) is 1. The van der Waals surface area contributed by atoms with E-state index in [0.717, 1.165) is 0 Å². The van der Waals surface area contributed by atoms with Gasteiger partial charge in [-0.15, -0.1) is 0 Å². The Balaban J connectivity index is 2.98. The fourth-order valence-corrected chi connectivity index (χ4v) is 1.68. The third-order valence-corrected chi connectivity index (χ3v) is 2.34. The average molecular weight is 259 g/mol. The van der Waals surface area contributed by atoms with E-state index in [4.69, 9.17) is 5.11 Å². The number of carbonyl (C=O) groups is 1. The maximum Gasteiger partial charge on any atom is 0.387 e. The number of nitrogens with one attached hydrogen (secondary N) is 1. The molecule has 0 saturated heterocycles. The quantitative estimate of drug-likeness (QED) is 0.789. The van der Waals surface area contributed by atoms with E-state index in [9.17, 15) is 13.6 Å². The van der Waals surface area contributed by atoms with Crippen LogP contribution in [0, 0.1) is 0 Å². The highest BCUT2D eigenvalue weighted by atomic mass is 19.3. The number of carboxylic acids is 1. The molecule has 1 atom stereocenters. The summed E-state index contributed by atoms with van der Waals surface area (Å²) in [6.45, 7) is -0.592.